The van der Waals surface area contributed by atoms with Crippen LogP contribution in [0.2, 0.25) is 0 Å². The van der Waals surface area contributed by atoms with E-state index >= 15 is 0 Å². The highest BCUT2D eigenvalue weighted by Gasteiger charge is 2.14. The first kappa shape index (κ1) is 17.8. The molecule has 0 atom stereocenters. The number of primary amides is 1. The van der Waals surface area contributed by atoms with Gasteiger partial charge in [0.2, 0.25) is 5.95 Å². The van der Waals surface area contributed by atoms with Crippen LogP contribution >= 0.6 is 0 Å². The van der Waals surface area contributed by atoms with Crippen molar-refractivity contribution in [2.75, 3.05) is 0 Å². The molecule has 3 N–H and O–H groups in total. The molecule has 1 aromatic carbocycles. The maximum absolute atomic E-state index is 14.1. The number of rotatable bonds is 4. The summed E-state index contributed by atoms with van der Waals surface area (Å²) in [7, 11) is 0. The highest BCUT2D eigenvalue weighted by molar-refractivity contribution is 5.93. The SMILES string of the molecule is Cc1nc(Cc2ccc3[nH]c(-c4cccnc4F)c(C)c3c2)ncc1C(N)=O. The van der Waals surface area contributed by atoms with Crippen LogP contribution in [0.5, 0.6) is 0 Å². The molecule has 0 aliphatic rings. The summed E-state index contributed by atoms with van der Waals surface area (Å²) in [5, 5.41) is 1.00. The molecule has 0 spiro atoms. The van der Waals surface area contributed by atoms with E-state index in [1.54, 1.807) is 19.1 Å². The van der Waals surface area contributed by atoms with E-state index in [0.717, 1.165) is 27.7 Å². The minimum absolute atomic E-state index is 0.323. The van der Waals surface area contributed by atoms with Crippen LogP contribution < -0.4 is 5.73 Å². The van der Waals surface area contributed by atoms with Crippen LogP contribution in [0.3, 0.4) is 0 Å². The Hall–Kier alpha value is -3.61. The summed E-state index contributed by atoms with van der Waals surface area (Å²) in [5.41, 5.74) is 10.2. The number of hydrogen-bond donors (Lipinski definition) is 2. The van der Waals surface area contributed by atoms with E-state index in [1.165, 1.54) is 12.4 Å². The summed E-state index contributed by atoms with van der Waals surface area (Å²) in [6.07, 6.45) is 3.40. The van der Waals surface area contributed by atoms with Crippen LogP contribution in [-0.4, -0.2) is 25.8 Å². The monoisotopic (exact) mass is 375 g/mol. The molecule has 0 aliphatic carbocycles. The van der Waals surface area contributed by atoms with E-state index in [1.807, 2.05) is 25.1 Å². The molecule has 3 heterocycles. The fourth-order valence-corrected chi connectivity index (χ4v) is 3.35. The smallest absolute Gasteiger partial charge is 0.252 e. The van der Waals surface area contributed by atoms with Crippen molar-refractivity contribution in [3.05, 3.63) is 76.9 Å². The third kappa shape index (κ3) is 3.11. The Morgan fingerprint density at radius 1 is 1.21 bits per heavy atom. The van der Waals surface area contributed by atoms with Crippen molar-refractivity contribution in [1.29, 1.82) is 0 Å². The van der Waals surface area contributed by atoms with Gasteiger partial charge in [0.15, 0.2) is 0 Å². The van der Waals surface area contributed by atoms with Gasteiger partial charge < -0.3 is 10.7 Å². The van der Waals surface area contributed by atoms with Crippen LogP contribution in [0, 0.1) is 19.8 Å². The van der Waals surface area contributed by atoms with Gasteiger partial charge in [0, 0.05) is 29.7 Å². The topological polar surface area (TPSA) is 97.6 Å². The number of H-pyrrole nitrogens is 1. The number of pyridine rings is 1. The number of aromatic nitrogens is 4. The highest BCUT2D eigenvalue weighted by Crippen LogP contribution is 2.31. The summed E-state index contributed by atoms with van der Waals surface area (Å²) in [4.78, 5) is 27.0. The van der Waals surface area contributed by atoms with Gasteiger partial charge in [0.25, 0.3) is 5.91 Å². The van der Waals surface area contributed by atoms with Gasteiger partial charge in [-0.1, -0.05) is 6.07 Å². The number of carbonyl (C=O) groups is 1. The third-order valence-electron chi connectivity index (χ3n) is 4.81. The molecule has 0 radical (unpaired) electrons. The molecular formula is C21H18FN5O. The van der Waals surface area contributed by atoms with Gasteiger partial charge in [-0.2, -0.15) is 4.39 Å². The quantitative estimate of drug-likeness (QED) is 0.534. The summed E-state index contributed by atoms with van der Waals surface area (Å²) < 4.78 is 14.1. The van der Waals surface area contributed by atoms with Gasteiger partial charge in [-0.25, -0.2) is 15.0 Å². The van der Waals surface area contributed by atoms with Crippen molar-refractivity contribution >= 4 is 16.8 Å². The van der Waals surface area contributed by atoms with E-state index in [9.17, 15) is 9.18 Å². The predicted octanol–water partition coefficient (Wildman–Crippen LogP) is 3.47. The van der Waals surface area contributed by atoms with E-state index in [2.05, 4.69) is 19.9 Å². The average molecular weight is 375 g/mol. The van der Waals surface area contributed by atoms with Crippen molar-refractivity contribution in [2.24, 2.45) is 5.73 Å². The van der Waals surface area contributed by atoms with Crippen LogP contribution in [0.15, 0.2) is 42.7 Å². The fraction of sp³-hybridized carbons (Fsp3) is 0.143. The largest absolute Gasteiger partial charge is 0.365 e. The summed E-state index contributed by atoms with van der Waals surface area (Å²) >= 11 is 0. The lowest BCUT2D eigenvalue weighted by Gasteiger charge is -2.05. The first-order valence-corrected chi connectivity index (χ1v) is 8.78. The van der Waals surface area contributed by atoms with Crippen LogP contribution in [0.25, 0.3) is 22.2 Å². The normalized spacial score (nSPS) is 11.1. The van der Waals surface area contributed by atoms with Gasteiger partial charge in [-0.05, 0) is 49.2 Å². The van der Waals surface area contributed by atoms with Crippen LogP contribution in [-0.2, 0) is 6.42 Å². The van der Waals surface area contributed by atoms with Crippen molar-refractivity contribution in [1.82, 2.24) is 19.9 Å². The molecule has 3 aromatic heterocycles. The number of nitrogens with zero attached hydrogens (tertiary/aromatic N) is 3. The molecule has 1 amide bonds. The van der Waals surface area contributed by atoms with E-state index in [0.29, 0.717) is 29.1 Å². The predicted molar refractivity (Wildman–Crippen MR) is 104 cm³/mol. The van der Waals surface area contributed by atoms with Gasteiger partial charge in [-0.15, -0.1) is 0 Å². The lowest BCUT2D eigenvalue weighted by Crippen LogP contribution is -2.15. The van der Waals surface area contributed by atoms with Crippen molar-refractivity contribution in [2.45, 2.75) is 20.3 Å². The molecule has 140 valence electrons. The number of carbonyl (C=O) groups excluding carboxylic acids is 1. The number of halogens is 1. The average Bonchev–Trinajstić information content (AvgIpc) is 2.98. The third-order valence-corrected chi connectivity index (χ3v) is 4.81. The van der Waals surface area contributed by atoms with Gasteiger partial charge in [0.1, 0.15) is 5.82 Å². The molecule has 0 saturated heterocycles. The van der Waals surface area contributed by atoms with Crippen molar-refractivity contribution < 1.29 is 9.18 Å². The van der Waals surface area contributed by atoms with Crippen LogP contribution in [0.1, 0.15) is 33.0 Å². The standard InChI is InChI=1S/C21H18FN5O/c1-11-15-8-13(9-18-25-10-16(21(23)28)12(2)26-18)5-6-17(15)27-19(11)14-4-3-7-24-20(14)22/h3-8,10,27H,9H2,1-2H3,(H2,23,28). The van der Waals surface area contributed by atoms with Crippen molar-refractivity contribution in [3.8, 4) is 11.3 Å². The van der Waals surface area contributed by atoms with E-state index in [4.69, 9.17) is 5.73 Å². The van der Waals surface area contributed by atoms with Gasteiger partial charge in [-0.3, -0.25) is 4.79 Å². The summed E-state index contributed by atoms with van der Waals surface area (Å²) in [6.45, 7) is 3.69. The Bertz CT molecular complexity index is 1210. The molecule has 0 bridgehead atoms. The van der Waals surface area contributed by atoms with Gasteiger partial charge >= 0.3 is 0 Å². The van der Waals surface area contributed by atoms with E-state index < -0.39 is 11.9 Å². The van der Waals surface area contributed by atoms with Gasteiger partial charge in [0.05, 0.1) is 22.5 Å². The molecule has 7 heteroatoms. The number of fused-ring (bicyclic) bond motifs is 1. The molecule has 4 rings (SSSR count). The molecule has 0 saturated carbocycles. The van der Waals surface area contributed by atoms with Crippen LogP contribution in [0.4, 0.5) is 4.39 Å². The number of amides is 1. The second-order valence-corrected chi connectivity index (χ2v) is 6.67. The first-order chi connectivity index (χ1) is 13.4. The minimum atomic E-state index is -0.538. The Kier molecular flexibility index (Phi) is 4.35. The van der Waals surface area contributed by atoms with E-state index in [-0.39, 0.29) is 0 Å². The maximum atomic E-state index is 14.1. The Balaban J connectivity index is 1.71. The summed E-state index contributed by atoms with van der Waals surface area (Å²) in [5.74, 6) is -0.437. The Morgan fingerprint density at radius 3 is 2.75 bits per heavy atom. The second kappa shape index (κ2) is 6.84. The molecule has 4 aromatic rings. The zero-order valence-electron chi connectivity index (χ0n) is 15.5. The minimum Gasteiger partial charge on any atom is -0.365 e. The Morgan fingerprint density at radius 2 is 2.04 bits per heavy atom. The maximum Gasteiger partial charge on any atom is 0.252 e. The molecule has 0 unspecified atom stereocenters. The summed E-state index contributed by atoms with van der Waals surface area (Å²) in [6, 6.07) is 9.39. The molecule has 28 heavy (non-hydrogen) atoms. The second-order valence-electron chi connectivity index (χ2n) is 6.67. The Labute approximate surface area is 160 Å². The van der Waals surface area contributed by atoms with Crippen molar-refractivity contribution in [3.63, 3.8) is 0 Å². The number of hydrogen-bond acceptors (Lipinski definition) is 4. The first-order valence-electron chi connectivity index (χ1n) is 8.78. The zero-order chi connectivity index (χ0) is 19.8. The zero-order valence-corrected chi connectivity index (χ0v) is 15.5. The number of aromatic amines is 1. The number of nitrogens with one attached hydrogen (secondary N) is 1. The fourth-order valence-electron chi connectivity index (χ4n) is 3.35. The lowest BCUT2D eigenvalue weighted by molar-refractivity contribution is 0.0999. The number of nitrogens with two attached hydrogens (primary N) is 1. The highest BCUT2D eigenvalue weighted by atomic mass is 19.1. The molecular weight excluding hydrogens is 357 g/mol. The number of aryl methyl sites for hydroxylation is 2. The molecule has 6 nitrogen and oxygen atoms in total. The molecule has 0 aliphatic heterocycles. The lowest BCUT2D eigenvalue weighted by atomic mass is 10.0. The molecule has 0 fully saturated rings. The number of benzene rings is 1.